The van der Waals surface area contributed by atoms with Crippen LogP contribution < -0.4 is 5.32 Å². The minimum atomic E-state index is -2.86. The van der Waals surface area contributed by atoms with E-state index in [1.165, 1.54) is 25.7 Å². The number of thiocarbonyl (C=S) groups is 1. The lowest BCUT2D eigenvalue weighted by molar-refractivity contribution is 0.312. The topological polar surface area (TPSA) is 49.4 Å². The number of nitrogens with zero attached hydrogens (tertiary/aromatic N) is 1. The van der Waals surface area contributed by atoms with Crippen LogP contribution in [0.3, 0.4) is 0 Å². The van der Waals surface area contributed by atoms with E-state index < -0.39 is 9.84 Å². The molecule has 4 nitrogen and oxygen atoms in total. The average Bonchev–Trinajstić information content (AvgIpc) is 3.11. The number of fused-ring (bicyclic) bond motifs is 2. The Hall–Kier alpha value is -0.360. The minimum absolute atomic E-state index is 0.0774. The van der Waals surface area contributed by atoms with Crippen molar-refractivity contribution in [2.75, 3.05) is 18.1 Å². The van der Waals surface area contributed by atoms with Crippen molar-refractivity contribution in [1.29, 1.82) is 0 Å². The van der Waals surface area contributed by atoms with E-state index in [2.05, 4.69) is 17.1 Å². The van der Waals surface area contributed by atoms with E-state index in [0.717, 1.165) is 36.3 Å². The van der Waals surface area contributed by atoms with Crippen LogP contribution in [0, 0.1) is 11.8 Å². The molecule has 1 heterocycles. The van der Waals surface area contributed by atoms with Crippen LogP contribution in [-0.4, -0.2) is 48.6 Å². The van der Waals surface area contributed by atoms with Crippen LogP contribution in [0.1, 0.15) is 45.4 Å². The standard InChI is InChI=1S/C15H26N2O2S2/c1-2-6-17(13-5-7-21(18,19)10-13)15(20)16-14-9-11-3-4-12(14)8-11/h11-14H,2-10H2,1H3,(H,16,20)/t11-,12-,13-,14-/m0/s1. The van der Waals surface area contributed by atoms with E-state index >= 15 is 0 Å². The minimum Gasteiger partial charge on any atom is -0.360 e. The van der Waals surface area contributed by atoms with Gasteiger partial charge >= 0.3 is 0 Å². The summed E-state index contributed by atoms with van der Waals surface area (Å²) >= 11 is 5.62. The van der Waals surface area contributed by atoms with Gasteiger partial charge in [-0.1, -0.05) is 13.3 Å². The van der Waals surface area contributed by atoms with E-state index in [4.69, 9.17) is 12.2 Å². The monoisotopic (exact) mass is 330 g/mol. The zero-order valence-electron chi connectivity index (χ0n) is 12.8. The molecule has 0 radical (unpaired) electrons. The van der Waals surface area contributed by atoms with Crippen LogP contribution in [0.15, 0.2) is 0 Å². The maximum absolute atomic E-state index is 11.7. The molecule has 1 aliphatic heterocycles. The first-order chi connectivity index (χ1) is 9.98. The van der Waals surface area contributed by atoms with E-state index in [9.17, 15) is 8.42 Å². The molecule has 0 spiro atoms. The third-order valence-electron chi connectivity index (χ3n) is 5.42. The molecular formula is C15H26N2O2S2. The van der Waals surface area contributed by atoms with Crippen molar-refractivity contribution in [1.82, 2.24) is 10.2 Å². The van der Waals surface area contributed by atoms with Crippen molar-refractivity contribution in [3.8, 4) is 0 Å². The summed E-state index contributed by atoms with van der Waals surface area (Å²) in [5.74, 6) is 2.26. The van der Waals surface area contributed by atoms with Gasteiger partial charge in [-0.2, -0.15) is 0 Å². The second-order valence-corrected chi connectivity index (χ2v) is 9.60. The van der Waals surface area contributed by atoms with Gasteiger partial charge in [-0.3, -0.25) is 0 Å². The average molecular weight is 331 g/mol. The molecule has 6 heteroatoms. The maximum atomic E-state index is 11.7. The Bertz CT molecular complexity index is 506. The Kier molecular flexibility index (Phi) is 4.46. The lowest BCUT2D eigenvalue weighted by Gasteiger charge is -2.34. The quantitative estimate of drug-likeness (QED) is 0.799. The van der Waals surface area contributed by atoms with Gasteiger partial charge in [0, 0.05) is 18.6 Å². The summed E-state index contributed by atoms with van der Waals surface area (Å²) in [4.78, 5) is 2.14. The van der Waals surface area contributed by atoms with Crippen molar-refractivity contribution in [3.63, 3.8) is 0 Å². The number of hydrogen-bond donors (Lipinski definition) is 1. The maximum Gasteiger partial charge on any atom is 0.169 e. The first-order valence-electron chi connectivity index (χ1n) is 8.26. The largest absolute Gasteiger partial charge is 0.360 e. The smallest absolute Gasteiger partial charge is 0.169 e. The normalized spacial score (nSPS) is 36.8. The fourth-order valence-electron chi connectivity index (χ4n) is 4.38. The Morgan fingerprint density at radius 3 is 2.62 bits per heavy atom. The van der Waals surface area contributed by atoms with Gasteiger partial charge < -0.3 is 10.2 Å². The second kappa shape index (κ2) is 6.03. The zero-order valence-corrected chi connectivity index (χ0v) is 14.4. The number of nitrogens with one attached hydrogen (secondary N) is 1. The van der Waals surface area contributed by atoms with Crippen LogP contribution in [0.2, 0.25) is 0 Å². The van der Waals surface area contributed by atoms with Gasteiger partial charge in [-0.05, 0) is 56.2 Å². The van der Waals surface area contributed by atoms with Crippen LogP contribution in [0.25, 0.3) is 0 Å². The predicted octanol–water partition coefficient (Wildman–Crippen LogP) is 1.95. The molecule has 0 unspecified atom stereocenters. The fraction of sp³-hybridized carbons (Fsp3) is 0.933. The molecule has 0 aromatic heterocycles. The molecule has 0 amide bonds. The van der Waals surface area contributed by atoms with Crippen molar-refractivity contribution in [2.24, 2.45) is 11.8 Å². The third kappa shape index (κ3) is 3.36. The lowest BCUT2D eigenvalue weighted by Crippen LogP contribution is -2.51. The molecule has 3 fully saturated rings. The van der Waals surface area contributed by atoms with Gasteiger partial charge in [-0.15, -0.1) is 0 Å². The molecule has 2 saturated carbocycles. The van der Waals surface area contributed by atoms with Gasteiger partial charge in [0.1, 0.15) is 0 Å². The summed E-state index contributed by atoms with van der Waals surface area (Å²) in [7, 11) is -2.86. The summed E-state index contributed by atoms with van der Waals surface area (Å²) in [5.41, 5.74) is 0. The zero-order chi connectivity index (χ0) is 15.0. The Morgan fingerprint density at radius 2 is 2.10 bits per heavy atom. The highest BCUT2D eigenvalue weighted by Gasteiger charge is 2.41. The first kappa shape index (κ1) is 15.5. The number of sulfone groups is 1. The molecule has 120 valence electrons. The summed E-state index contributed by atoms with van der Waals surface area (Å²) in [5, 5.41) is 4.35. The highest BCUT2D eigenvalue weighted by atomic mass is 32.2. The number of hydrogen-bond acceptors (Lipinski definition) is 3. The highest BCUT2D eigenvalue weighted by Crippen LogP contribution is 2.44. The molecule has 3 rings (SSSR count). The van der Waals surface area contributed by atoms with Crippen LogP contribution >= 0.6 is 12.2 Å². The molecular weight excluding hydrogens is 304 g/mol. The molecule has 0 aromatic carbocycles. The van der Waals surface area contributed by atoms with Crippen LogP contribution in [0.5, 0.6) is 0 Å². The van der Waals surface area contributed by atoms with Crippen molar-refractivity contribution < 1.29 is 8.42 Å². The Labute approximate surface area is 133 Å². The molecule has 21 heavy (non-hydrogen) atoms. The Balaban J connectivity index is 1.62. The van der Waals surface area contributed by atoms with E-state index in [1.807, 2.05) is 0 Å². The number of rotatable bonds is 4. The molecule has 2 aliphatic carbocycles. The van der Waals surface area contributed by atoms with E-state index in [1.54, 1.807) is 0 Å². The SMILES string of the molecule is CCCN(C(=S)N[C@H]1C[C@H]2CC[C@H]1C2)[C@H]1CCS(=O)(=O)C1. The van der Waals surface area contributed by atoms with Crippen molar-refractivity contribution in [2.45, 2.75) is 57.5 Å². The molecule has 3 aliphatic rings. The third-order valence-corrected chi connectivity index (χ3v) is 7.52. The van der Waals surface area contributed by atoms with E-state index in [-0.39, 0.29) is 11.8 Å². The van der Waals surface area contributed by atoms with Gasteiger partial charge in [0.15, 0.2) is 14.9 Å². The van der Waals surface area contributed by atoms with Crippen molar-refractivity contribution >= 4 is 27.2 Å². The summed E-state index contributed by atoms with van der Waals surface area (Å²) in [6.45, 7) is 2.98. The van der Waals surface area contributed by atoms with Gasteiger partial charge in [0.2, 0.25) is 0 Å². The second-order valence-electron chi connectivity index (χ2n) is 6.98. The molecule has 4 atom stereocenters. The van der Waals surface area contributed by atoms with Gasteiger partial charge in [0.25, 0.3) is 0 Å². The van der Waals surface area contributed by atoms with Crippen LogP contribution in [-0.2, 0) is 9.84 Å². The predicted molar refractivity (Wildman–Crippen MR) is 89.0 cm³/mol. The van der Waals surface area contributed by atoms with Crippen LogP contribution in [0.4, 0.5) is 0 Å². The highest BCUT2D eigenvalue weighted by molar-refractivity contribution is 7.91. The Morgan fingerprint density at radius 1 is 1.29 bits per heavy atom. The van der Waals surface area contributed by atoms with Gasteiger partial charge in [0.05, 0.1) is 11.5 Å². The molecule has 0 aromatic rings. The first-order valence-corrected chi connectivity index (χ1v) is 10.5. The van der Waals surface area contributed by atoms with Gasteiger partial charge in [-0.25, -0.2) is 8.42 Å². The summed E-state index contributed by atoms with van der Waals surface area (Å²) in [6, 6.07) is 0.599. The van der Waals surface area contributed by atoms with E-state index in [0.29, 0.717) is 11.8 Å². The lowest BCUT2D eigenvalue weighted by atomic mass is 9.95. The molecule has 1 N–H and O–H groups in total. The molecule has 1 saturated heterocycles. The summed E-state index contributed by atoms with van der Waals surface area (Å²) in [6.07, 6.45) is 7.03. The van der Waals surface area contributed by atoms with Crippen molar-refractivity contribution in [3.05, 3.63) is 0 Å². The molecule has 2 bridgehead atoms. The summed E-state index contributed by atoms with van der Waals surface area (Å²) < 4.78 is 23.5. The fourth-order valence-corrected chi connectivity index (χ4v) is 6.50.